The van der Waals surface area contributed by atoms with Crippen LogP contribution in [0.5, 0.6) is 0 Å². The molecule has 0 unspecified atom stereocenters. The van der Waals surface area contributed by atoms with Crippen LogP contribution in [0.25, 0.3) is 33.8 Å². The maximum atomic E-state index is 11.9. The van der Waals surface area contributed by atoms with Crippen LogP contribution in [0, 0.1) is 18.8 Å². The molecule has 42 heavy (non-hydrogen) atoms. The van der Waals surface area contributed by atoms with Gasteiger partial charge in [0.25, 0.3) is 0 Å². The van der Waals surface area contributed by atoms with Gasteiger partial charge < -0.3 is 14.2 Å². The number of ether oxygens (including phenoxy) is 1. The molecule has 1 saturated heterocycles. The molecule has 1 aliphatic heterocycles. The molecule has 3 aromatic heterocycles. The fourth-order valence-electron chi connectivity index (χ4n) is 6.56. The number of aromatic amines is 1. The third-order valence-corrected chi connectivity index (χ3v) is 8.82. The third-order valence-electron chi connectivity index (χ3n) is 8.82. The Hall–Kier alpha value is -4.24. The van der Waals surface area contributed by atoms with Crippen LogP contribution in [0.3, 0.4) is 0 Å². The van der Waals surface area contributed by atoms with Gasteiger partial charge in [-0.2, -0.15) is 0 Å². The van der Waals surface area contributed by atoms with E-state index in [1.807, 2.05) is 12.1 Å². The zero-order valence-corrected chi connectivity index (χ0v) is 24.1. The number of nitrogens with zero attached hydrogens (tertiary/aromatic N) is 5. The molecule has 0 amide bonds. The van der Waals surface area contributed by atoms with Crippen LogP contribution in [0.15, 0.2) is 70.0 Å². The van der Waals surface area contributed by atoms with Crippen molar-refractivity contribution in [3.05, 3.63) is 82.3 Å². The van der Waals surface area contributed by atoms with Crippen LogP contribution >= 0.6 is 0 Å². The molecule has 7 rings (SSSR count). The first-order chi connectivity index (χ1) is 20.5. The van der Waals surface area contributed by atoms with Gasteiger partial charge in [-0.3, -0.25) is 9.51 Å². The lowest BCUT2D eigenvalue weighted by molar-refractivity contribution is 0.0927. The highest BCUT2D eigenvalue weighted by Gasteiger charge is 2.32. The Morgan fingerprint density at radius 3 is 2.60 bits per heavy atom. The first-order valence-electron chi connectivity index (χ1n) is 15.0. The van der Waals surface area contributed by atoms with Gasteiger partial charge in [0.2, 0.25) is 11.8 Å². The van der Waals surface area contributed by atoms with E-state index in [0.29, 0.717) is 30.7 Å². The second-order valence-corrected chi connectivity index (χ2v) is 11.9. The molecule has 0 spiro atoms. The van der Waals surface area contributed by atoms with E-state index in [2.05, 4.69) is 82.0 Å². The zero-order chi connectivity index (χ0) is 28.6. The van der Waals surface area contributed by atoms with E-state index in [0.717, 1.165) is 52.8 Å². The Kier molecular flexibility index (Phi) is 7.11. The molecular weight excluding hydrogens is 528 g/mol. The van der Waals surface area contributed by atoms with Gasteiger partial charge >= 0.3 is 5.76 Å². The maximum absolute atomic E-state index is 11.9. The molecule has 1 saturated carbocycles. The standard InChI is InChI=1S/C33H36N6O3/c1-21-11-13-23(14-12-21)19-39-30-26(35-32(39)38-15-16-41-20-28(38)24-8-4-3-5-9-24)18-27(31-36-33(40)42-37-31)34-29(30)25-10-6-7-22(2)17-25/h3-10,17-18,21,23,28H,11-16,19-20H2,1-2H3,(H,36,37,40)/t21?,23?,28-/m0/s1. The van der Waals surface area contributed by atoms with Crippen molar-refractivity contribution < 1.29 is 9.26 Å². The van der Waals surface area contributed by atoms with Crippen LogP contribution in [0.1, 0.15) is 49.8 Å². The van der Waals surface area contributed by atoms with Crippen molar-refractivity contribution in [2.24, 2.45) is 11.8 Å². The Balaban J connectivity index is 1.45. The number of nitrogens with one attached hydrogen (secondary N) is 1. The number of aryl methyl sites for hydroxylation is 1. The average Bonchev–Trinajstić information content (AvgIpc) is 3.62. The Bertz CT molecular complexity index is 1750. The van der Waals surface area contributed by atoms with E-state index in [4.69, 9.17) is 19.2 Å². The highest BCUT2D eigenvalue weighted by atomic mass is 16.5. The fraction of sp³-hybridized carbons (Fsp3) is 0.394. The molecule has 1 aliphatic carbocycles. The SMILES string of the molecule is Cc1cccc(-c2nc(-c3noc(=O)[nH]3)cc3nc(N4CCOC[C@H]4c4ccccc4)n(CC4CCC(C)CC4)c23)c1. The van der Waals surface area contributed by atoms with Crippen molar-refractivity contribution in [2.45, 2.75) is 52.1 Å². The largest absolute Gasteiger partial charge is 0.439 e. The summed E-state index contributed by atoms with van der Waals surface area (Å²) in [6, 6.07) is 20.9. The number of pyridine rings is 1. The van der Waals surface area contributed by atoms with Gasteiger partial charge in [-0.25, -0.2) is 14.8 Å². The predicted octanol–water partition coefficient (Wildman–Crippen LogP) is 6.15. The Labute approximate surface area is 244 Å². The number of hydrogen-bond donors (Lipinski definition) is 1. The summed E-state index contributed by atoms with van der Waals surface area (Å²) in [5.74, 6) is 1.95. The van der Waals surface area contributed by atoms with E-state index in [1.165, 1.54) is 31.2 Å². The molecule has 216 valence electrons. The number of aromatic nitrogens is 5. The Morgan fingerprint density at radius 1 is 1.00 bits per heavy atom. The Morgan fingerprint density at radius 2 is 1.83 bits per heavy atom. The number of rotatable bonds is 6. The van der Waals surface area contributed by atoms with Gasteiger partial charge in [-0.15, -0.1) is 0 Å². The van der Waals surface area contributed by atoms with Crippen LogP contribution in [-0.4, -0.2) is 44.4 Å². The molecule has 4 heterocycles. The minimum absolute atomic E-state index is 0.0450. The van der Waals surface area contributed by atoms with Crippen LogP contribution in [-0.2, 0) is 11.3 Å². The molecule has 0 radical (unpaired) electrons. The lowest BCUT2D eigenvalue weighted by atomic mass is 9.83. The monoisotopic (exact) mass is 564 g/mol. The van der Waals surface area contributed by atoms with Crippen LogP contribution < -0.4 is 10.7 Å². The number of hydrogen-bond acceptors (Lipinski definition) is 7. The summed E-state index contributed by atoms with van der Waals surface area (Å²) in [5.41, 5.74) is 6.52. The summed E-state index contributed by atoms with van der Waals surface area (Å²) >= 11 is 0. The highest BCUT2D eigenvalue weighted by Crippen LogP contribution is 2.39. The van der Waals surface area contributed by atoms with Crippen molar-refractivity contribution in [1.82, 2.24) is 24.7 Å². The van der Waals surface area contributed by atoms with Crippen molar-refractivity contribution in [2.75, 3.05) is 24.7 Å². The molecule has 5 aromatic rings. The first-order valence-corrected chi connectivity index (χ1v) is 15.0. The minimum Gasteiger partial charge on any atom is -0.377 e. The average molecular weight is 565 g/mol. The lowest BCUT2D eigenvalue weighted by Crippen LogP contribution is -2.41. The van der Waals surface area contributed by atoms with Gasteiger partial charge in [0.1, 0.15) is 5.69 Å². The summed E-state index contributed by atoms with van der Waals surface area (Å²) in [7, 11) is 0. The first kappa shape index (κ1) is 26.6. The van der Waals surface area contributed by atoms with Gasteiger partial charge in [-0.05, 0) is 49.3 Å². The molecule has 2 aromatic carbocycles. The van der Waals surface area contributed by atoms with E-state index in [-0.39, 0.29) is 6.04 Å². The lowest BCUT2D eigenvalue weighted by Gasteiger charge is -2.37. The smallest absolute Gasteiger partial charge is 0.377 e. The summed E-state index contributed by atoms with van der Waals surface area (Å²) in [4.78, 5) is 27.4. The van der Waals surface area contributed by atoms with Gasteiger partial charge in [0.05, 0.1) is 36.0 Å². The topological polar surface area (TPSA) is 102 Å². The van der Waals surface area contributed by atoms with Crippen molar-refractivity contribution in [1.29, 1.82) is 0 Å². The van der Waals surface area contributed by atoms with Gasteiger partial charge in [-0.1, -0.05) is 79.0 Å². The van der Waals surface area contributed by atoms with E-state index < -0.39 is 5.76 Å². The second-order valence-electron chi connectivity index (χ2n) is 11.9. The second kappa shape index (κ2) is 11.2. The predicted molar refractivity (Wildman–Crippen MR) is 162 cm³/mol. The quantitative estimate of drug-likeness (QED) is 0.264. The summed E-state index contributed by atoms with van der Waals surface area (Å²) in [6.45, 7) is 7.30. The van der Waals surface area contributed by atoms with Crippen molar-refractivity contribution in [3.63, 3.8) is 0 Å². The van der Waals surface area contributed by atoms with Gasteiger partial charge in [0.15, 0.2) is 0 Å². The zero-order valence-electron chi connectivity index (χ0n) is 24.1. The van der Waals surface area contributed by atoms with Crippen molar-refractivity contribution >= 4 is 17.0 Å². The maximum Gasteiger partial charge on any atom is 0.439 e. The van der Waals surface area contributed by atoms with E-state index in [9.17, 15) is 4.79 Å². The number of benzene rings is 2. The molecule has 0 bridgehead atoms. The van der Waals surface area contributed by atoms with Crippen LogP contribution in [0.4, 0.5) is 5.95 Å². The third kappa shape index (κ3) is 5.13. The normalized spacial score (nSPS) is 21.2. The van der Waals surface area contributed by atoms with Crippen LogP contribution in [0.2, 0.25) is 0 Å². The van der Waals surface area contributed by atoms with E-state index >= 15 is 0 Å². The number of morpholine rings is 1. The number of anilines is 1. The molecule has 1 atom stereocenters. The fourth-order valence-corrected chi connectivity index (χ4v) is 6.56. The molecular formula is C33H36N6O3. The summed E-state index contributed by atoms with van der Waals surface area (Å²) in [5, 5.41) is 3.95. The molecule has 2 aliphatic rings. The molecule has 9 heteroatoms. The number of H-pyrrole nitrogens is 1. The van der Waals surface area contributed by atoms with Gasteiger partial charge in [0, 0.05) is 18.7 Å². The number of imidazole rings is 1. The molecule has 9 nitrogen and oxygen atoms in total. The van der Waals surface area contributed by atoms with E-state index in [1.54, 1.807) is 0 Å². The minimum atomic E-state index is -0.610. The number of fused-ring (bicyclic) bond motifs is 1. The summed E-state index contributed by atoms with van der Waals surface area (Å²) < 4.78 is 13.3. The summed E-state index contributed by atoms with van der Waals surface area (Å²) in [6.07, 6.45) is 4.92. The van der Waals surface area contributed by atoms with Crippen molar-refractivity contribution in [3.8, 4) is 22.8 Å². The highest BCUT2D eigenvalue weighted by molar-refractivity contribution is 5.94. The molecule has 1 N–H and O–H groups in total. The molecule has 2 fully saturated rings.